The predicted molar refractivity (Wildman–Crippen MR) is 87.0 cm³/mol. The first-order chi connectivity index (χ1) is 10.1. The lowest BCUT2D eigenvalue weighted by molar-refractivity contribution is -0.143. The fourth-order valence-corrected chi connectivity index (χ4v) is 3.07. The summed E-state index contributed by atoms with van der Waals surface area (Å²) in [4.78, 5) is 13.3. The van der Waals surface area contributed by atoms with Crippen molar-refractivity contribution in [1.29, 1.82) is 0 Å². The number of nitrogens with one attached hydrogen (secondary N) is 1. The van der Waals surface area contributed by atoms with Crippen LogP contribution in [-0.4, -0.2) is 19.6 Å². The summed E-state index contributed by atoms with van der Waals surface area (Å²) >= 11 is 8.03. The molecule has 1 atom stereocenters. The molecule has 0 fully saturated rings. The Morgan fingerprint density at radius 2 is 2.19 bits per heavy atom. The molecule has 0 spiro atoms. The Balaban J connectivity index is 2.11. The van der Waals surface area contributed by atoms with E-state index >= 15 is 0 Å². The van der Waals surface area contributed by atoms with Crippen molar-refractivity contribution in [2.45, 2.75) is 19.4 Å². The maximum Gasteiger partial charge on any atom is 0.327 e. The van der Waals surface area contributed by atoms with Crippen LogP contribution in [0.3, 0.4) is 0 Å². The van der Waals surface area contributed by atoms with Crippen LogP contribution >= 0.6 is 22.9 Å². The van der Waals surface area contributed by atoms with Gasteiger partial charge in [-0.25, -0.2) is 4.79 Å². The van der Waals surface area contributed by atoms with Gasteiger partial charge >= 0.3 is 5.97 Å². The summed E-state index contributed by atoms with van der Waals surface area (Å²) in [7, 11) is 1.39. The lowest BCUT2D eigenvalue weighted by atomic mass is 10.0. The third-order valence-corrected chi connectivity index (χ3v) is 4.72. The van der Waals surface area contributed by atoms with Gasteiger partial charge in [-0.05, 0) is 35.9 Å². The molecule has 2 rings (SSSR count). The number of carbonyl (C=O) groups is 1. The second kappa shape index (κ2) is 7.59. The van der Waals surface area contributed by atoms with Crippen LogP contribution in [0.15, 0.2) is 35.7 Å². The van der Waals surface area contributed by atoms with Gasteiger partial charge in [-0.2, -0.15) is 0 Å². The summed E-state index contributed by atoms with van der Waals surface area (Å²) in [6, 6.07) is 9.24. The quantitative estimate of drug-likeness (QED) is 0.823. The van der Waals surface area contributed by atoms with Crippen molar-refractivity contribution >= 4 is 28.9 Å². The number of hydrogen-bond donors (Lipinski definition) is 1. The van der Waals surface area contributed by atoms with Crippen molar-refractivity contribution in [3.05, 3.63) is 56.7 Å². The van der Waals surface area contributed by atoms with Gasteiger partial charge in [0.1, 0.15) is 6.04 Å². The molecule has 1 unspecified atom stereocenters. The average Bonchev–Trinajstić information content (AvgIpc) is 3.00. The normalized spacial score (nSPS) is 12.1. The number of benzene rings is 1. The van der Waals surface area contributed by atoms with E-state index in [1.54, 1.807) is 11.3 Å². The van der Waals surface area contributed by atoms with Gasteiger partial charge in [-0.1, -0.05) is 35.9 Å². The van der Waals surface area contributed by atoms with Crippen LogP contribution in [0, 0.1) is 6.92 Å². The van der Waals surface area contributed by atoms with E-state index in [1.165, 1.54) is 12.0 Å². The van der Waals surface area contributed by atoms with Crippen molar-refractivity contribution in [2.24, 2.45) is 0 Å². The minimum absolute atomic E-state index is 0.325. The molecule has 1 aromatic heterocycles. The van der Waals surface area contributed by atoms with E-state index < -0.39 is 6.04 Å². The van der Waals surface area contributed by atoms with E-state index in [9.17, 15) is 4.79 Å². The summed E-state index contributed by atoms with van der Waals surface area (Å²) in [5.41, 5.74) is 1.71. The molecule has 21 heavy (non-hydrogen) atoms. The Bertz CT molecular complexity index is 598. The van der Waals surface area contributed by atoms with Crippen molar-refractivity contribution in [1.82, 2.24) is 5.32 Å². The van der Waals surface area contributed by atoms with Gasteiger partial charge in [-0.15, -0.1) is 11.3 Å². The van der Waals surface area contributed by atoms with Gasteiger partial charge in [0.05, 0.1) is 7.11 Å². The highest BCUT2D eigenvalue weighted by atomic mass is 35.5. The lowest BCUT2D eigenvalue weighted by Gasteiger charge is -2.18. The summed E-state index contributed by atoms with van der Waals surface area (Å²) in [5, 5.41) is 5.89. The molecule has 112 valence electrons. The second-order valence-electron chi connectivity index (χ2n) is 4.72. The molecule has 5 heteroatoms. The zero-order valence-electron chi connectivity index (χ0n) is 12.1. The summed E-state index contributed by atoms with van der Waals surface area (Å²) in [6.45, 7) is 2.61. The van der Waals surface area contributed by atoms with Crippen LogP contribution in [0.5, 0.6) is 0 Å². The Morgan fingerprint density at radius 3 is 2.86 bits per heavy atom. The monoisotopic (exact) mass is 323 g/mol. The first-order valence-corrected chi connectivity index (χ1v) is 7.98. The van der Waals surface area contributed by atoms with Gasteiger partial charge in [0.15, 0.2) is 0 Å². The Hall–Kier alpha value is -1.36. The van der Waals surface area contributed by atoms with Crippen LogP contribution < -0.4 is 5.32 Å². The molecule has 3 nitrogen and oxygen atoms in total. The average molecular weight is 324 g/mol. The molecule has 1 heterocycles. The first-order valence-electron chi connectivity index (χ1n) is 6.72. The third-order valence-electron chi connectivity index (χ3n) is 3.27. The molecule has 0 aliphatic heterocycles. The number of ether oxygens (including phenoxy) is 1. The predicted octanol–water partition coefficient (Wildman–Crippen LogP) is 3.76. The molecule has 1 N–H and O–H groups in total. The molecular weight excluding hydrogens is 306 g/mol. The molecule has 0 amide bonds. The molecule has 0 aliphatic carbocycles. The molecular formula is C16H18ClNO2S. The number of carbonyl (C=O) groups excluding carboxylic acids is 1. The van der Waals surface area contributed by atoms with Crippen molar-refractivity contribution in [3.63, 3.8) is 0 Å². The smallest absolute Gasteiger partial charge is 0.327 e. The van der Waals surface area contributed by atoms with Gasteiger partial charge in [-0.3, -0.25) is 0 Å². The second-order valence-corrected chi connectivity index (χ2v) is 6.13. The van der Waals surface area contributed by atoms with E-state index in [-0.39, 0.29) is 5.97 Å². The van der Waals surface area contributed by atoms with Crippen LogP contribution in [0.2, 0.25) is 5.02 Å². The fourth-order valence-electron chi connectivity index (χ4n) is 2.13. The summed E-state index contributed by atoms with van der Waals surface area (Å²) < 4.78 is 4.89. The largest absolute Gasteiger partial charge is 0.468 e. The van der Waals surface area contributed by atoms with E-state index in [0.717, 1.165) is 17.5 Å². The Kier molecular flexibility index (Phi) is 5.79. The molecule has 0 aliphatic rings. The van der Waals surface area contributed by atoms with Crippen LogP contribution in [-0.2, 0) is 16.0 Å². The molecule has 2 aromatic rings. The number of esters is 1. The van der Waals surface area contributed by atoms with Crippen molar-refractivity contribution < 1.29 is 9.53 Å². The number of hydrogen-bond acceptors (Lipinski definition) is 4. The maximum absolute atomic E-state index is 12.0. The highest BCUT2D eigenvalue weighted by molar-refractivity contribution is 7.09. The van der Waals surface area contributed by atoms with Crippen molar-refractivity contribution in [2.75, 3.05) is 13.7 Å². The van der Waals surface area contributed by atoms with Gasteiger partial charge in [0.2, 0.25) is 0 Å². The number of thiophene rings is 1. The molecule has 0 radical (unpaired) electrons. The number of rotatable bonds is 6. The fraction of sp³-hybridized carbons (Fsp3) is 0.312. The molecule has 0 saturated heterocycles. The van der Waals surface area contributed by atoms with Crippen LogP contribution in [0.1, 0.15) is 22.0 Å². The van der Waals surface area contributed by atoms with E-state index in [1.807, 2.05) is 36.6 Å². The van der Waals surface area contributed by atoms with Gasteiger partial charge in [0, 0.05) is 16.4 Å². The lowest BCUT2D eigenvalue weighted by Crippen LogP contribution is -2.31. The standard InChI is InChI=1S/C16H18ClNO2S/c1-11-5-3-7-13(14(11)17)15(16(19)20-2)18-9-8-12-6-4-10-21-12/h3-7,10,15,18H,8-9H2,1-2H3. The topological polar surface area (TPSA) is 38.3 Å². The SMILES string of the molecule is COC(=O)C(NCCc1cccs1)c1cccc(C)c1Cl. The molecule has 1 aromatic carbocycles. The Morgan fingerprint density at radius 1 is 1.38 bits per heavy atom. The molecule has 0 bridgehead atoms. The minimum atomic E-state index is -0.539. The minimum Gasteiger partial charge on any atom is -0.468 e. The van der Waals surface area contributed by atoms with Gasteiger partial charge < -0.3 is 10.1 Å². The highest BCUT2D eigenvalue weighted by Gasteiger charge is 2.23. The number of methoxy groups -OCH3 is 1. The first kappa shape index (κ1) is 16.0. The Labute approximate surface area is 133 Å². The third kappa shape index (κ3) is 4.06. The maximum atomic E-state index is 12.0. The number of halogens is 1. The summed E-state index contributed by atoms with van der Waals surface area (Å²) in [6.07, 6.45) is 0.870. The van der Waals surface area contributed by atoms with Crippen LogP contribution in [0.4, 0.5) is 0 Å². The van der Waals surface area contributed by atoms with E-state index in [0.29, 0.717) is 11.6 Å². The summed E-state index contributed by atoms with van der Waals surface area (Å²) in [5.74, 6) is -0.325. The van der Waals surface area contributed by atoms with Crippen LogP contribution in [0.25, 0.3) is 0 Å². The van der Waals surface area contributed by atoms with E-state index in [2.05, 4.69) is 11.4 Å². The van der Waals surface area contributed by atoms with Crippen molar-refractivity contribution in [3.8, 4) is 0 Å². The molecule has 0 saturated carbocycles. The zero-order valence-corrected chi connectivity index (χ0v) is 13.6. The van der Waals surface area contributed by atoms with Gasteiger partial charge in [0.25, 0.3) is 0 Å². The number of aryl methyl sites for hydroxylation is 1. The zero-order chi connectivity index (χ0) is 15.2. The van der Waals surface area contributed by atoms with E-state index in [4.69, 9.17) is 16.3 Å². The highest BCUT2D eigenvalue weighted by Crippen LogP contribution is 2.27.